The largest absolute Gasteiger partial charge is 0.495 e. The van der Waals surface area contributed by atoms with Gasteiger partial charge in [-0.25, -0.2) is 0 Å². The molecule has 1 amide bonds. The number of methoxy groups -OCH3 is 1. The number of benzene rings is 1. The molecule has 1 rings (SSSR count). The van der Waals surface area contributed by atoms with E-state index in [1.165, 1.54) is 7.11 Å². The molecule has 0 spiro atoms. The third kappa shape index (κ3) is 4.84. The Labute approximate surface area is 141 Å². The van der Waals surface area contributed by atoms with Gasteiger partial charge in [-0.05, 0) is 44.9 Å². The van der Waals surface area contributed by atoms with Crippen LogP contribution in [0.4, 0.5) is 0 Å². The number of hydrogen-bond donors (Lipinski definition) is 3. The molecule has 1 aromatic carbocycles. The highest BCUT2D eigenvalue weighted by atomic mass is 35.5. The average Bonchev–Trinajstić information content (AvgIpc) is 2.46. The predicted molar refractivity (Wildman–Crippen MR) is 88.7 cm³/mol. The zero-order valence-corrected chi connectivity index (χ0v) is 14.5. The number of nitrogens with two attached hydrogens (primary N) is 1. The van der Waals surface area contributed by atoms with E-state index in [2.05, 4.69) is 5.32 Å². The molecular weight excluding hydrogens is 320 g/mol. The molecule has 0 bridgehead atoms. The lowest BCUT2D eigenvalue weighted by Crippen LogP contribution is -2.52. The number of rotatable bonds is 7. The molecule has 2 unspecified atom stereocenters. The number of hydrogen-bond acceptors (Lipinski definition) is 4. The molecule has 0 aromatic heterocycles. The molecule has 0 fully saturated rings. The van der Waals surface area contributed by atoms with Crippen LogP contribution in [0.2, 0.25) is 5.02 Å². The Morgan fingerprint density at radius 2 is 2.04 bits per heavy atom. The van der Waals surface area contributed by atoms with Crippen LogP contribution in [-0.2, 0) is 16.0 Å². The maximum absolute atomic E-state index is 12.1. The first kappa shape index (κ1) is 19.3. The Hall–Kier alpha value is -1.79. The van der Waals surface area contributed by atoms with E-state index in [1.807, 2.05) is 0 Å². The topological polar surface area (TPSA) is 102 Å². The van der Waals surface area contributed by atoms with Crippen molar-refractivity contribution in [2.24, 2.45) is 11.1 Å². The van der Waals surface area contributed by atoms with Crippen molar-refractivity contribution in [2.45, 2.75) is 39.3 Å². The fraction of sp³-hybridized carbons (Fsp3) is 0.500. The predicted octanol–water partition coefficient (Wildman–Crippen LogP) is 1.83. The van der Waals surface area contributed by atoms with Crippen LogP contribution in [0, 0.1) is 5.41 Å². The van der Waals surface area contributed by atoms with E-state index in [9.17, 15) is 9.59 Å². The van der Waals surface area contributed by atoms with Crippen LogP contribution in [0.5, 0.6) is 5.75 Å². The SMILES string of the molecule is COc1ccc(CC(N)C(=O)NC(C)C(C)(C)C(=O)O)cc1Cl. The molecule has 0 aliphatic carbocycles. The van der Waals surface area contributed by atoms with Crippen LogP contribution in [0.3, 0.4) is 0 Å². The van der Waals surface area contributed by atoms with Gasteiger partial charge in [0.2, 0.25) is 5.91 Å². The molecule has 0 heterocycles. The number of carbonyl (C=O) groups excluding carboxylic acids is 1. The molecule has 0 aliphatic heterocycles. The van der Waals surface area contributed by atoms with Crippen molar-refractivity contribution in [3.05, 3.63) is 28.8 Å². The average molecular weight is 343 g/mol. The molecule has 0 aliphatic rings. The number of nitrogens with one attached hydrogen (secondary N) is 1. The zero-order chi connectivity index (χ0) is 17.8. The minimum Gasteiger partial charge on any atom is -0.495 e. The van der Waals surface area contributed by atoms with E-state index >= 15 is 0 Å². The lowest BCUT2D eigenvalue weighted by Gasteiger charge is -2.29. The van der Waals surface area contributed by atoms with Gasteiger partial charge in [-0.2, -0.15) is 0 Å². The van der Waals surface area contributed by atoms with E-state index in [4.69, 9.17) is 27.2 Å². The van der Waals surface area contributed by atoms with Crippen molar-refractivity contribution in [2.75, 3.05) is 7.11 Å². The Kier molecular flexibility index (Phi) is 6.41. The monoisotopic (exact) mass is 342 g/mol. The fourth-order valence-electron chi connectivity index (χ4n) is 1.87. The summed E-state index contributed by atoms with van der Waals surface area (Å²) < 4.78 is 5.07. The van der Waals surface area contributed by atoms with E-state index in [0.717, 1.165) is 5.56 Å². The molecule has 0 radical (unpaired) electrons. The fourth-order valence-corrected chi connectivity index (χ4v) is 2.15. The second kappa shape index (κ2) is 7.66. The summed E-state index contributed by atoms with van der Waals surface area (Å²) in [5, 5.41) is 12.3. The number of amides is 1. The lowest BCUT2D eigenvalue weighted by molar-refractivity contribution is -0.148. The first-order valence-corrected chi connectivity index (χ1v) is 7.59. The summed E-state index contributed by atoms with van der Waals surface area (Å²) in [7, 11) is 1.52. The molecule has 23 heavy (non-hydrogen) atoms. The Balaban J connectivity index is 2.71. The smallest absolute Gasteiger partial charge is 0.311 e. The maximum Gasteiger partial charge on any atom is 0.311 e. The lowest BCUT2D eigenvalue weighted by atomic mass is 9.85. The van der Waals surface area contributed by atoms with Crippen molar-refractivity contribution >= 4 is 23.5 Å². The van der Waals surface area contributed by atoms with Crippen LogP contribution in [0.25, 0.3) is 0 Å². The molecule has 6 nitrogen and oxygen atoms in total. The van der Waals surface area contributed by atoms with Crippen LogP contribution >= 0.6 is 11.6 Å². The Bertz CT molecular complexity index is 589. The summed E-state index contributed by atoms with van der Waals surface area (Å²) in [6.45, 7) is 4.74. The third-order valence-corrected chi connectivity index (χ3v) is 4.30. The number of carboxylic acids is 1. The number of ether oxygens (including phenoxy) is 1. The van der Waals surface area contributed by atoms with Gasteiger partial charge in [0.15, 0.2) is 0 Å². The van der Waals surface area contributed by atoms with Gasteiger partial charge in [-0.1, -0.05) is 17.7 Å². The van der Waals surface area contributed by atoms with Crippen molar-refractivity contribution in [3.63, 3.8) is 0 Å². The summed E-state index contributed by atoms with van der Waals surface area (Å²) in [5.41, 5.74) is 5.61. The summed E-state index contributed by atoms with van der Waals surface area (Å²) in [6.07, 6.45) is 0.287. The van der Waals surface area contributed by atoms with Gasteiger partial charge in [-0.3, -0.25) is 9.59 Å². The van der Waals surface area contributed by atoms with Crippen molar-refractivity contribution < 1.29 is 19.4 Å². The van der Waals surface area contributed by atoms with Gasteiger partial charge in [-0.15, -0.1) is 0 Å². The standard InChI is InChI=1S/C16H23ClN2O4/c1-9(16(2,3)15(21)22)19-14(20)12(18)8-10-5-6-13(23-4)11(17)7-10/h5-7,9,12H,8,18H2,1-4H3,(H,19,20)(H,21,22). The number of carbonyl (C=O) groups is 2. The van der Waals surface area contributed by atoms with Gasteiger partial charge in [0.1, 0.15) is 5.75 Å². The molecular formula is C16H23ClN2O4. The Morgan fingerprint density at radius 1 is 1.43 bits per heavy atom. The maximum atomic E-state index is 12.1. The van der Waals surface area contributed by atoms with Gasteiger partial charge in [0.25, 0.3) is 0 Å². The number of halogens is 1. The van der Waals surface area contributed by atoms with Gasteiger partial charge < -0.3 is 20.9 Å². The number of carboxylic acid groups (broad SMARTS) is 1. The van der Waals surface area contributed by atoms with E-state index in [0.29, 0.717) is 10.8 Å². The molecule has 0 saturated carbocycles. The molecule has 4 N–H and O–H groups in total. The van der Waals surface area contributed by atoms with Crippen LogP contribution in [-0.4, -0.2) is 36.2 Å². The van der Waals surface area contributed by atoms with Crippen molar-refractivity contribution in [1.82, 2.24) is 5.32 Å². The number of aliphatic carboxylic acids is 1. The quantitative estimate of drug-likeness (QED) is 0.701. The van der Waals surface area contributed by atoms with Crippen LogP contribution in [0.15, 0.2) is 18.2 Å². The first-order chi connectivity index (χ1) is 10.6. The summed E-state index contributed by atoms with van der Waals surface area (Å²) in [4.78, 5) is 23.3. The van der Waals surface area contributed by atoms with E-state index in [1.54, 1.807) is 39.0 Å². The summed E-state index contributed by atoms with van der Waals surface area (Å²) >= 11 is 6.04. The molecule has 0 saturated heterocycles. The van der Waals surface area contributed by atoms with E-state index < -0.39 is 29.4 Å². The Morgan fingerprint density at radius 3 is 2.52 bits per heavy atom. The first-order valence-electron chi connectivity index (χ1n) is 7.21. The normalized spacial score (nSPS) is 14.0. The summed E-state index contributed by atoms with van der Waals surface area (Å²) in [6, 6.07) is 3.82. The molecule has 1 aromatic rings. The molecule has 7 heteroatoms. The molecule has 128 valence electrons. The van der Waals surface area contributed by atoms with Gasteiger partial charge >= 0.3 is 5.97 Å². The van der Waals surface area contributed by atoms with Gasteiger partial charge in [0, 0.05) is 6.04 Å². The van der Waals surface area contributed by atoms with Crippen LogP contribution < -0.4 is 15.8 Å². The van der Waals surface area contributed by atoms with Crippen molar-refractivity contribution in [1.29, 1.82) is 0 Å². The highest BCUT2D eigenvalue weighted by molar-refractivity contribution is 6.32. The van der Waals surface area contributed by atoms with Crippen molar-refractivity contribution in [3.8, 4) is 5.75 Å². The summed E-state index contributed by atoms with van der Waals surface area (Å²) in [5.74, 6) is -0.843. The molecule has 2 atom stereocenters. The highest BCUT2D eigenvalue weighted by Gasteiger charge is 2.35. The second-order valence-corrected chi connectivity index (χ2v) is 6.44. The van der Waals surface area contributed by atoms with Crippen LogP contribution in [0.1, 0.15) is 26.3 Å². The minimum atomic E-state index is -1.08. The van der Waals surface area contributed by atoms with E-state index in [-0.39, 0.29) is 6.42 Å². The second-order valence-electron chi connectivity index (χ2n) is 6.04. The third-order valence-electron chi connectivity index (χ3n) is 4.00. The van der Waals surface area contributed by atoms with Gasteiger partial charge in [0.05, 0.1) is 23.6 Å². The highest BCUT2D eigenvalue weighted by Crippen LogP contribution is 2.25. The minimum absolute atomic E-state index is 0.287. The zero-order valence-electron chi connectivity index (χ0n) is 13.7.